The highest BCUT2D eigenvalue weighted by atomic mass is 15.2. The van der Waals surface area contributed by atoms with Crippen LogP contribution in [0.3, 0.4) is 0 Å². The average molecular weight is 1740 g/mol. The molecule has 0 radical (unpaired) electrons. The van der Waals surface area contributed by atoms with Crippen LogP contribution in [0.1, 0.15) is 0 Å². The lowest BCUT2D eigenvalue weighted by Crippen LogP contribution is -2.04. The molecule has 0 atom stereocenters. The van der Waals surface area contributed by atoms with E-state index in [9.17, 15) is 0 Å². The molecule has 0 spiro atoms. The van der Waals surface area contributed by atoms with E-state index < -0.39 is 0 Å². The lowest BCUT2D eigenvalue weighted by molar-refractivity contribution is 0.996. The number of benzene rings is 20. The van der Waals surface area contributed by atoms with Crippen LogP contribution < -0.4 is 0 Å². The van der Waals surface area contributed by atoms with Crippen molar-refractivity contribution in [1.82, 2.24) is 47.4 Å². The van der Waals surface area contributed by atoms with E-state index in [1.165, 1.54) is 164 Å². The van der Waals surface area contributed by atoms with Gasteiger partial charge in [-0.15, -0.1) is 0 Å². The molecule has 1 aliphatic carbocycles. The lowest BCUT2D eigenvalue weighted by Gasteiger charge is -2.14. The predicted molar refractivity (Wildman–Crippen MR) is 570 cm³/mol. The Morgan fingerprint density at radius 1 is 0.161 bits per heavy atom. The van der Waals surface area contributed by atoms with Crippen molar-refractivity contribution in [3.05, 3.63) is 461 Å². The summed E-state index contributed by atoms with van der Waals surface area (Å²) in [6.45, 7) is 0. The Labute approximate surface area is 784 Å². The molecule has 0 bridgehead atoms. The van der Waals surface area contributed by atoms with Gasteiger partial charge in [0.1, 0.15) is 0 Å². The molecule has 0 amide bonds. The maximum Gasteiger partial charge on any atom is 0.235 e. The normalized spacial score (nSPS) is 12.1. The van der Waals surface area contributed by atoms with Crippen molar-refractivity contribution in [2.75, 3.05) is 0 Å². The summed E-state index contributed by atoms with van der Waals surface area (Å²) in [4.78, 5) is 26.4. The summed E-state index contributed by atoms with van der Waals surface area (Å²) in [6, 6.07) is 165. The molecule has 634 valence electrons. The third kappa shape index (κ3) is 11.5. The van der Waals surface area contributed by atoms with Gasteiger partial charge in [0.15, 0.2) is 0 Å². The number of para-hydroxylation sites is 5. The second-order valence-electron chi connectivity index (χ2n) is 36.0. The maximum absolute atomic E-state index is 5.40. The number of fused-ring (bicyclic) bond motifs is 17. The molecule has 137 heavy (non-hydrogen) atoms. The Bertz CT molecular complexity index is 10200. The van der Waals surface area contributed by atoms with Crippen LogP contribution >= 0.6 is 0 Å². The summed E-state index contributed by atoms with van der Waals surface area (Å²) in [5.74, 6) is 1.34. The van der Waals surface area contributed by atoms with Crippen LogP contribution in [0.15, 0.2) is 461 Å². The molecule has 0 aliphatic heterocycles. The Morgan fingerprint density at radius 3 is 1.12 bits per heavy atom. The molecule has 30 aromatic rings. The first-order chi connectivity index (χ1) is 68.0. The summed E-state index contributed by atoms with van der Waals surface area (Å²) in [7, 11) is 0. The van der Waals surface area contributed by atoms with Crippen LogP contribution in [-0.2, 0) is 0 Å². The molecule has 10 nitrogen and oxygen atoms in total. The van der Waals surface area contributed by atoms with Crippen LogP contribution in [0.4, 0.5) is 0 Å². The Balaban J connectivity index is 0.0000000998. The van der Waals surface area contributed by atoms with Crippen molar-refractivity contribution in [3.63, 3.8) is 0 Å². The highest BCUT2D eigenvalue weighted by molar-refractivity contribution is 6.36. The molecule has 20 aromatic carbocycles. The van der Waals surface area contributed by atoms with Crippen molar-refractivity contribution < 1.29 is 0 Å². The zero-order valence-corrected chi connectivity index (χ0v) is 73.9. The number of hydrogen-bond acceptors (Lipinski definition) is 5. The third-order valence-electron chi connectivity index (χ3n) is 28.7. The highest BCUT2D eigenvalue weighted by Crippen LogP contribution is 2.53. The molecule has 0 fully saturated rings. The fourth-order valence-electron chi connectivity index (χ4n) is 22.8. The summed E-state index contributed by atoms with van der Waals surface area (Å²) in [5, 5.41) is 22.3. The van der Waals surface area contributed by atoms with Gasteiger partial charge in [0.25, 0.3) is 0 Å². The summed E-state index contributed by atoms with van der Waals surface area (Å²) in [5.41, 5.74) is 35.0. The van der Waals surface area contributed by atoms with Crippen LogP contribution in [0.5, 0.6) is 0 Å². The summed E-state index contributed by atoms with van der Waals surface area (Å²) in [6.07, 6.45) is 0. The number of hydrogen-bond donors (Lipinski definition) is 0. The van der Waals surface area contributed by atoms with E-state index >= 15 is 0 Å². The topological polar surface area (TPSA) is 88.1 Å². The number of nitrogens with zero attached hydrogens (tertiary/aromatic N) is 10. The van der Waals surface area contributed by atoms with Crippen LogP contribution in [0, 0.1) is 0 Å². The number of rotatable bonds is 9. The average Bonchev–Trinajstić information content (AvgIpc) is 1.54. The molecule has 31 rings (SSSR count). The molecule has 0 N–H and O–H groups in total. The zero-order valence-electron chi connectivity index (χ0n) is 73.9. The predicted octanol–water partition coefficient (Wildman–Crippen LogP) is 32.7. The first kappa shape index (κ1) is 76.2. The number of aromatic nitrogens is 10. The molecule has 1 aliphatic rings. The van der Waals surface area contributed by atoms with Crippen molar-refractivity contribution >= 4 is 174 Å². The van der Waals surface area contributed by atoms with Gasteiger partial charge in [0.2, 0.25) is 11.9 Å². The SMILES string of the molecule is c1ccc(-c2cc(-c3ccccc3)nc(-n3c4cccc5c4c4c6c(cccc6ccc43)-c3ccccc3-5)n2)cc1.c1ccc(-c2cc3cc(-n4c5cccc6c7ccccc7n7c8ccccc8c8ccc4c(c65)c87)ccc3nc2-c2ccccc2)cc1.c1ccc(-c2ccc(-c3nc(-n4c5cccc6c7ccccc7n7c8ccccc8c8ccc4c(c65)c87)nc4ccccc34)cc2)cc1. The molecule has 10 heterocycles. The number of pyridine rings is 1. The van der Waals surface area contributed by atoms with E-state index in [2.05, 4.69) is 471 Å². The van der Waals surface area contributed by atoms with E-state index in [-0.39, 0.29) is 0 Å². The minimum atomic E-state index is 0.670. The lowest BCUT2D eigenvalue weighted by atomic mass is 9.93. The van der Waals surface area contributed by atoms with Gasteiger partial charge in [-0.3, -0.25) is 9.13 Å². The molecule has 0 saturated heterocycles. The van der Waals surface area contributed by atoms with Crippen molar-refractivity contribution in [2.24, 2.45) is 0 Å². The largest absolute Gasteiger partial charge is 0.309 e. The Kier molecular flexibility index (Phi) is 16.7. The molecular weight excluding hydrogens is 1670 g/mol. The Morgan fingerprint density at radius 2 is 0.547 bits per heavy atom. The standard InChI is InChI=1S/C45H27N3.C44H26N4.C38H23N3/c1-3-12-28(13-4-1)36-27-30-26-31(22-24-37(30)46-44(36)29-14-5-2-6-15-29)47-40-21-11-18-34-32-16-7-9-19-38(32)48-39-20-10-8-17-33(39)35-23-25-41(47)43(42(34)40)45(35)48;1-2-11-27(12-3-1)28-21-23-29(24-22-28)42-34-15-4-7-17-35(34)45-44(46-42)48-38-20-10-16-32-30-13-5-8-18-36(30)47-37-19-9-6-14-31(37)33-25-26-39(48)41(40(32)38)43(33)47;1-3-11-24(12-4-1)31-23-32(25-13-5-2-6-14-25)40-38(39-31)41-33-20-10-19-30-28-17-8-7-16-27(28)29-18-9-15-26-21-22-34(41)37(35(26)29)36(30)33/h1-27H;1-26H;1-23H. The smallest absolute Gasteiger partial charge is 0.235 e. The molecular formula is C127H76N10. The van der Waals surface area contributed by atoms with Gasteiger partial charge in [-0.25, -0.2) is 24.9 Å². The van der Waals surface area contributed by atoms with Crippen LogP contribution in [0.25, 0.3) is 281 Å². The van der Waals surface area contributed by atoms with E-state index in [1.54, 1.807) is 0 Å². The van der Waals surface area contributed by atoms with Crippen LogP contribution in [0.2, 0.25) is 0 Å². The van der Waals surface area contributed by atoms with Crippen molar-refractivity contribution in [3.8, 4) is 107 Å². The second-order valence-corrected chi connectivity index (χ2v) is 36.0. The minimum absolute atomic E-state index is 0.670. The van der Waals surface area contributed by atoms with E-state index in [0.717, 1.165) is 106 Å². The van der Waals surface area contributed by atoms with E-state index in [1.807, 2.05) is 12.1 Å². The Hall–Kier alpha value is -18.5. The molecule has 0 saturated carbocycles. The first-order valence-electron chi connectivity index (χ1n) is 46.8. The summed E-state index contributed by atoms with van der Waals surface area (Å²) < 4.78 is 12.0. The molecule has 10 aromatic heterocycles. The van der Waals surface area contributed by atoms with E-state index in [0.29, 0.717) is 11.9 Å². The zero-order chi connectivity index (χ0) is 89.6. The summed E-state index contributed by atoms with van der Waals surface area (Å²) >= 11 is 0. The molecule has 0 unspecified atom stereocenters. The van der Waals surface area contributed by atoms with Crippen molar-refractivity contribution in [1.29, 1.82) is 0 Å². The van der Waals surface area contributed by atoms with Gasteiger partial charge in [-0.1, -0.05) is 364 Å². The van der Waals surface area contributed by atoms with Gasteiger partial charge in [-0.05, 0) is 158 Å². The fraction of sp³-hybridized carbons (Fsp3) is 0. The van der Waals surface area contributed by atoms with Gasteiger partial charge in [-0.2, -0.15) is 0 Å². The van der Waals surface area contributed by atoms with Crippen LogP contribution in [-0.4, -0.2) is 47.4 Å². The van der Waals surface area contributed by atoms with Gasteiger partial charge < -0.3 is 13.4 Å². The first-order valence-corrected chi connectivity index (χ1v) is 46.8. The second kappa shape index (κ2) is 30.0. The fourth-order valence-corrected chi connectivity index (χ4v) is 22.8. The van der Waals surface area contributed by atoms with E-state index in [4.69, 9.17) is 24.9 Å². The van der Waals surface area contributed by atoms with Gasteiger partial charge >= 0.3 is 0 Å². The monoisotopic (exact) mass is 1740 g/mol. The quantitative estimate of drug-likeness (QED) is 0.144. The van der Waals surface area contributed by atoms with Gasteiger partial charge in [0.05, 0.1) is 100 Å². The molecule has 10 heteroatoms. The van der Waals surface area contributed by atoms with Crippen molar-refractivity contribution in [2.45, 2.75) is 0 Å². The third-order valence-corrected chi connectivity index (χ3v) is 28.7. The van der Waals surface area contributed by atoms with Gasteiger partial charge in [0, 0.05) is 109 Å². The highest BCUT2D eigenvalue weighted by Gasteiger charge is 2.31. The maximum atomic E-state index is 5.40. The minimum Gasteiger partial charge on any atom is -0.309 e.